The summed E-state index contributed by atoms with van der Waals surface area (Å²) in [5.41, 5.74) is 0. The maximum absolute atomic E-state index is 12.6. The third kappa shape index (κ3) is 24.1. The van der Waals surface area contributed by atoms with Crippen molar-refractivity contribution < 1.29 is 172 Å². The quantitative estimate of drug-likeness (QED) is 0.0214. The summed E-state index contributed by atoms with van der Waals surface area (Å²) in [5.74, 6) is 1.92. The van der Waals surface area contributed by atoms with Crippen LogP contribution in [0.25, 0.3) is 0 Å². The zero-order valence-electron chi connectivity index (χ0n) is 56.1. The second-order valence-corrected chi connectivity index (χ2v) is 32.8. The average Bonchev–Trinajstić information content (AvgIpc) is 1.54. The standard InChI is InChI=1S/C24H32ClIO8.C22H32ClIO4.C20H28ClIO6.2CO2.CH4.2Y.H2/c1-4-9-29-24-12-23(8-7-14(25)10-13(2)26)32-19-18-16(6-5-15(30-18)11-17(27)28-3)31-21(20(19)33-24)22(24)34-23;1-5-18-9-11-20-22(27-18)15(4)14(3)21(28-20)19(26)10-8-17(25)7-6-16(23)12-13(2)24;1-3-13-6-7-14-15(25-13)16-17-18(26-14)19(24)20(27-16,28-17)9-12(23)5-4-11(21)8-10(2)22;2*2-1-3;;;;/h4,14-16,18-22H,1-2,5-12H2,3H3;14-16,18-22,26H,2,5-7,9,11-12H2,1,3-4H3;11,13-19,24H,2-9H2,1H3;;;1H4;;;1H/t14-,15-,16+,18+,19+,20+,21?,22+,23?,24+;14-,15+,16+,18-,19-,20-,21+,22+;11-,13+,14+,15+,16+,17+,18-,19-,20?;;;;;;/m101....../s1. The predicted molar refractivity (Wildman–Crippen MR) is 382 cm³/mol. The number of esters is 1. The van der Waals surface area contributed by atoms with Gasteiger partial charge in [0.05, 0.1) is 81.8 Å². The summed E-state index contributed by atoms with van der Waals surface area (Å²) in [7, 11) is 1.39. The fourth-order valence-corrected chi connectivity index (χ4v) is 18.2. The van der Waals surface area contributed by atoms with E-state index in [1.54, 1.807) is 6.08 Å². The van der Waals surface area contributed by atoms with Crippen LogP contribution in [0.1, 0.15) is 165 Å². The van der Waals surface area contributed by atoms with E-state index in [0.29, 0.717) is 70.5 Å². The molecule has 0 amide bonds. The molecule has 99 heavy (non-hydrogen) atoms. The molecule has 12 aliphatic heterocycles. The Balaban J connectivity index is 0.000000370. The molecule has 27 atom stereocenters. The summed E-state index contributed by atoms with van der Waals surface area (Å²) in [6, 6.07) is 0. The summed E-state index contributed by atoms with van der Waals surface area (Å²) >= 11 is 25.5. The molecule has 30 heteroatoms. The van der Waals surface area contributed by atoms with E-state index >= 15 is 0 Å². The molecule has 2 radical (unpaired) electrons. The zero-order valence-corrected chi connectivity index (χ0v) is 70.5. The Kier molecular flexibility index (Phi) is 40.3. The van der Waals surface area contributed by atoms with Gasteiger partial charge in [0.25, 0.3) is 0 Å². The minimum absolute atomic E-state index is 0. The summed E-state index contributed by atoms with van der Waals surface area (Å²) in [6.07, 6.45) is 9.56. The number of Topliss-reactive ketones (excluding diaryl/α,β-unsaturated/α-hetero) is 2. The molecule has 8 bridgehead atoms. The van der Waals surface area contributed by atoms with Gasteiger partial charge in [-0.2, -0.15) is 19.2 Å². The molecular weight excluding hydrogens is 1850 g/mol. The van der Waals surface area contributed by atoms with Crippen LogP contribution in [0.5, 0.6) is 0 Å². The molecule has 12 saturated heterocycles. The zero-order chi connectivity index (χ0) is 70.4. The Labute approximate surface area is 690 Å². The van der Waals surface area contributed by atoms with Gasteiger partial charge in [-0.05, 0) is 186 Å². The number of fused-ring (bicyclic) bond motifs is 5. The number of aliphatic hydroxyl groups excluding tert-OH is 2. The Morgan fingerprint density at radius 2 is 1.12 bits per heavy atom. The predicted octanol–water partition coefficient (Wildman–Crippen LogP) is 11.4. The van der Waals surface area contributed by atoms with Crippen LogP contribution >= 0.6 is 103 Å². The van der Waals surface area contributed by atoms with E-state index in [9.17, 15) is 24.6 Å². The number of allylic oxidation sites excluding steroid dienone is 3. The Bertz CT molecular complexity index is 2830. The number of hydrogen-bond donors (Lipinski definition) is 2. The number of halogens is 6. The molecule has 0 aromatic carbocycles. The fourth-order valence-electron chi connectivity index (χ4n) is 14.9. The first kappa shape index (κ1) is 92.2. The van der Waals surface area contributed by atoms with Gasteiger partial charge in [-0.1, -0.05) is 66.9 Å². The minimum atomic E-state index is -1.32. The normalized spacial score (nSPS) is 38.0. The second-order valence-electron chi connectivity index (χ2n) is 26.3. The third-order valence-corrected chi connectivity index (χ3v) is 22.1. The maximum atomic E-state index is 12.6. The van der Waals surface area contributed by atoms with Crippen LogP contribution in [-0.4, -0.2) is 203 Å². The molecule has 0 aromatic heterocycles. The molecule has 12 aliphatic rings. The molecule has 554 valence electrons. The van der Waals surface area contributed by atoms with Crippen molar-refractivity contribution in [1.29, 1.82) is 0 Å². The van der Waals surface area contributed by atoms with E-state index in [-0.39, 0.29) is 218 Å². The van der Waals surface area contributed by atoms with Crippen LogP contribution in [0.3, 0.4) is 0 Å². The van der Waals surface area contributed by atoms with E-state index in [1.807, 2.05) is 0 Å². The third-order valence-electron chi connectivity index (χ3n) is 19.7. The minimum Gasteiger partial charge on any atom is -0.469 e. The van der Waals surface area contributed by atoms with Crippen molar-refractivity contribution in [1.82, 2.24) is 0 Å². The molecule has 12 rings (SSSR count). The van der Waals surface area contributed by atoms with Gasteiger partial charge in [-0.15, -0.1) is 41.4 Å². The number of carbonyl (C=O) groups is 3. The fraction of sp³-hybridized carbons (Fsp3) is 0.783. The number of ether oxygens (including phenoxy) is 13. The SMILES string of the molecule is C.C=C(I)C[C@H](Cl)CCC(=O)C#C[C@H](O)[C@@H]1O[C@H]2CC[C@H](CC)O[C@@H]2[C@H](C)[C@@H]1C.C=C(I)C[C@H](Cl)CCC(=O)CC12O[C@@H]3[C@H](O1)[C@@H](O[C@H]1CC[C@H](CC)O[C@H]31)[C@H]2O.C=CCO[C@@]12CC3(CC[C@@H](Cl)CC(=C)I)O[C@H]4[C@H]5O[C@@H](CC(=O)OC)CC[C@@H]5OC([C@H]4O1)[C@@H]2O3.O=C=O.O=C=O.[HH].[Y].[Y]. The smallest absolute Gasteiger partial charge is 0.373 e. The van der Waals surface area contributed by atoms with Crippen molar-refractivity contribution in [2.45, 2.75) is 313 Å². The van der Waals surface area contributed by atoms with Crippen molar-refractivity contribution in [3.63, 3.8) is 0 Å². The summed E-state index contributed by atoms with van der Waals surface area (Å²) in [4.78, 5) is 69.0. The summed E-state index contributed by atoms with van der Waals surface area (Å²) in [6.45, 7) is 24.2. The average molecular weight is 1940 g/mol. The van der Waals surface area contributed by atoms with E-state index in [4.69, 9.17) is 116 Å². The molecule has 12 fully saturated rings. The number of aliphatic hydroxyl groups is 2. The molecular formula is C69H98Cl3I3O22Y2. The van der Waals surface area contributed by atoms with Crippen LogP contribution in [0, 0.1) is 23.7 Å². The van der Waals surface area contributed by atoms with Crippen LogP contribution < -0.4 is 0 Å². The molecule has 2 N–H and O–H groups in total. The maximum Gasteiger partial charge on any atom is 0.373 e. The Morgan fingerprint density at radius 1 is 0.646 bits per heavy atom. The number of carbonyl (C=O) groups excluding carboxylic acids is 7. The van der Waals surface area contributed by atoms with Crippen molar-refractivity contribution in [3.05, 3.63) is 43.1 Å². The summed E-state index contributed by atoms with van der Waals surface area (Å²) in [5, 5.41) is 21.1. The van der Waals surface area contributed by atoms with Gasteiger partial charge in [-0.25, -0.2) is 0 Å². The van der Waals surface area contributed by atoms with Gasteiger partial charge in [0.2, 0.25) is 17.4 Å². The van der Waals surface area contributed by atoms with Gasteiger partial charge in [0.15, 0.2) is 5.79 Å². The topological polar surface area (TPSA) is 280 Å². The number of ketones is 2. The van der Waals surface area contributed by atoms with Crippen molar-refractivity contribution in [2.75, 3.05) is 13.7 Å². The Hall–Kier alpha value is 0.798. The molecule has 0 aromatic rings. The molecule has 0 saturated carbocycles. The molecule has 12 heterocycles. The van der Waals surface area contributed by atoms with Crippen LogP contribution in [0.15, 0.2) is 43.1 Å². The van der Waals surface area contributed by atoms with E-state index in [0.717, 1.165) is 62.1 Å². The second kappa shape index (κ2) is 43.3. The first-order valence-electron chi connectivity index (χ1n) is 33.1. The Morgan fingerprint density at radius 3 is 1.66 bits per heavy atom. The van der Waals surface area contributed by atoms with Crippen molar-refractivity contribution in [2.24, 2.45) is 11.8 Å². The largest absolute Gasteiger partial charge is 0.469 e. The van der Waals surface area contributed by atoms with Gasteiger partial charge >= 0.3 is 18.3 Å². The molecule has 3 unspecified atom stereocenters. The van der Waals surface area contributed by atoms with Gasteiger partial charge in [0, 0.05) is 102 Å². The van der Waals surface area contributed by atoms with Gasteiger partial charge < -0.3 is 71.8 Å². The van der Waals surface area contributed by atoms with Crippen molar-refractivity contribution in [3.8, 4) is 11.8 Å². The monoisotopic (exact) mass is 1940 g/mol. The number of methoxy groups -OCH3 is 1. The first-order chi connectivity index (χ1) is 45.7. The number of alkyl halides is 3. The molecule has 0 spiro atoms. The van der Waals surface area contributed by atoms with Crippen LogP contribution in [0.4, 0.5) is 0 Å². The molecule has 22 nitrogen and oxygen atoms in total. The first-order valence-corrected chi connectivity index (χ1v) is 37.7. The number of hydrogen-bond acceptors (Lipinski definition) is 22. The van der Waals surface area contributed by atoms with E-state index in [2.05, 4.69) is 134 Å². The van der Waals surface area contributed by atoms with Crippen LogP contribution in [0.2, 0.25) is 0 Å². The van der Waals surface area contributed by atoms with Crippen molar-refractivity contribution >= 4 is 132 Å². The van der Waals surface area contributed by atoms with E-state index < -0.39 is 60.1 Å². The van der Waals surface area contributed by atoms with Gasteiger partial charge in [-0.3, -0.25) is 14.4 Å². The van der Waals surface area contributed by atoms with Gasteiger partial charge in [0.1, 0.15) is 72.9 Å². The van der Waals surface area contributed by atoms with Crippen LogP contribution in [-0.2, 0) is 161 Å². The molecule has 0 aliphatic carbocycles. The number of rotatable bonds is 25. The van der Waals surface area contributed by atoms with E-state index in [1.165, 1.54) is 7.11 Å². The summed E-state index contributed by atoms with van der Waals surface area (Å²) < 4.78 is 83.8.